The van der Waals surface area contributed by atoms with Crippen molar-refractivity contribution in [2.75, 3.05) is 13.2 Å². The number of hydrogen-bond donors (Lipinski definition) is 2. The normalized spacial score (nSPS) is 13.5. The van der Waals surface area contributed by atoms with E-state index in [-0.39, 0.29) is 18.6 Å². The first-order chi connectivity index (χ1) is 12.5. The molecule has 2 nitrogen and oxygen atoms in total. The summed E-state index contributed by atoms with van der Waals surface area (Å²) in [6.07, 6.45) is 22.6. The Morgan fingerprint density at radius 2 is 1.50 bits per heavy atom. The van der Waals surface area contributed by atoms with Gasteiger partial charge < -0.3 is 10.2 Å². The maximum absolute atomic E-state index is 9.44. The number of unbranched alkanes of at least 4 members (excludes halogenated alkanes) is 6. The minimum atomic E-state index is -0.0344. The fourth-order valence-corrected chi connectivity index (χ4v) is 2.57. The van der Waals surface area contributed by atoms with Crippen LogP contribution in [0.5, 0.6) is 0 Å². The van der Waals surface area contributed by atoms with E-state index in [0.717, 1.165) is 25.7 Å². The van der Waals surface area contributed by atoms with Gasteiger partial charge in [0.2, 0.25) is 0 Å². The Balaban J connectivity index is 0. The third-order valence-corrected chi connectivity index (χ3v) is 4.64. The summed E-state index contributed by atoms with van der Waals surface area (Å²) in [5.41, 5.74) is 1.29. The number of hydrogen-bond acceptors (Lipinski definition) is 2. The number of aliphatic hydroxyl groups is 2. The molecule has 0 fully saturated rings. The average Bonchev–Trinajstić information content (AvgIpc) is 2.65. The highest BCUT2D eigenvalue weighted by atomic mass is 16.3. The molecule has 0 aromatic heterocycles. The SMILES string of the molecule is CCC=CC(CC)(CO)CC=C(C)C.CCCCCCCCC=CCO. The van der Waals surface area contributed by atoms with Gasteiger partial charge >= 0.3 is 0 Å². The third kappa shape index (κ3) is 17.9. The molecule has 0 aliphatic rings. The summed E-state index contributed by atoms with van der Waals surface area (Å²) in [4.78, 5) is 0. The van der Waals surface area contributed by atoms with Gasteiger partial charge in [-0.1, -0.05) is 88.8 Å². The minimum Gasteiger partial charge on any atom is -0.395 e. The molecule has 0 aromatic carbocycles. The second-order valence-electron chi connectivity index (χ2n) is 7.38. The maximum Gasteiger partial charge on any atom is 0.0612 e. The summed E-state index contributed by atoms with van der Waals surface area (Å²) in [6, 6.07) is 0. The van der Waals surface area contributed by atoms with Crippen LogP contribution in [0.3, 0.4) is 0 Å². The van der Waals surface area contributed by atoms with Crippen LogP contribution in [-0.4, -0.2) is 23.4 Å². The van der Waals surface area contributed by atoms with Gasteiger partial charge in [0.15, 0.2) is 0 Å². The molecule has 1 unspecified atom stereocenters. The summed E-state index contributed by atoms with van der Waals surface area (Å²) in [6.45, 7) is 11.1. The van der Waals surface area contributed by atoms with Crippen LogP contribution in [0.4, 0.5) is 0 Å². The smallest absolute Gasteiger partial charge is 0.0612 e. The number of allylic oxidation sites excluding steroid dienone is 4. The van der Waals surface area contributed by atoms with Gasteiger partial charge in [0.25, 0.3) is 0 Å². The van der Waals surface area contributed by atoms with E-state index in [1.807, 2.05) is 6.08 Å². The Labute approximate surface area is 164 Å². The van der Waals surface area contributed by atoms with Gasteiger partial charge in [0.05, 0.1) is 13.2 Å². The van der Waals surface area contributed by atoms with Crippen LogP contribution in [0, 0.1) is 5.41 Å². The second kappa shape index (κ2) is 20.5. The standard InChI is InChI=1S/C13H24O.C11H22O/c1-5-7-9-13(6-2,11-14)10-8-12(3)4;1-2-3-4-5-6-7-8-9-10-11-12/h7-9,14H,5-6,10-11H2,1-4H3;9-10,12H,2-8,11H2,1H3. The lowest BCUT2D eigenvalue weighted by Gasteiger charge is -2.25. The highest BCUT2D eigenvalue weighted by Crippen LogP contribution is 2.29. The van der Waals surface area contributed by atoms with E-state index in [1.54, 1.807) is 0 Å². The van der Waals surface area contributed by atoms with Crippen molar-refractivity contribution in [1.82, 2.24) is 0 Å². The molecule has 0 saturated carbocycles. The van der Waals surface area contributed by atoms with E-state index in [0.29, 0.717) is 0 Å². The molecule has 1 atom stereocenters. The molecule has 2 heteroatoms. The predicted octanol–water partition coefficient (Wildman–Crippen LogP) is 6.98. The molecule has 0 rings (SSSR count). The predicted molar refractivity (Wildman–Crippen MR) is 118 cm³/mol. The summed E-state index contributed by atoms with van der Waals surface area (Å²) < 4.78 is 0. The van der Waals surface area contributed by atoms with E-state index in [9.17, 15) is 5.11 Å². The lowest BCUT2D eigenvalue weighted by atomic mass is 9.81. The van der Waals surface area contributed by atoms with Crippen molar-refractivity contribution in [3.8, 4) is 0 Å². The van der Waals surface area contributed by atoms with Gasteiger partial charge in [0, 0.05) is 5.41 Å². The van der Waals surface area contributed by atoms with Crippen LogP contribution in [-0.2, 0) is 0 Å². The quantitative estimate of drug-likeness (QED) is 0.257. The minimum absolute atomic E-state index is 0.0344. The first kappa shape index (κ1) is 27.4. The molecule has 154 valence electrons. The molecule has 0 heterocycles. The van der Waals surface area contributed by atoms with Crippen LogP contribution in [0.25, 0.3) is 0 Å². The van der Waals surface area contributed by atoms with Crippen LogP contribution in [0.2, 0.25) is 0 Å². The Hall–Kier alpha value is -0.860. The molecule has 0 saturated heterocycles. The molecule has 0 aliphatic carbocycles. The summed E-state index contributed by atoms with van der Waals surface area (Å²) in [5, 5.41) is 17.9. The van der Waals surface area contributed by atoms with Crippen molar-refractivity contribution < 1.29 is 10.2 Å². The molecule has 26 heavy (non-hydrogen) atoms. The van der Waals surface area contributed by atoms with Gasteiger partial charge in [-0.15, -0.1) is 0 Å². The number of rotatable bonds is 14. The number of aliphatic hydroxyl groups excluding tert-OH is 2. The maximum atomic E-state index is 9.44. The van der Waals surface area contributed by atoms with Crippen molar-refractivity contribution in [3.05, 3.63) is 36.0 Å². The van der Waals surface area contributed by atoms with Crippen molar-refractivity contribution >= 4 is 0 Å². The second-order valence-corrected chi connectivity index (χ2v) is 7.38. The Kier molecular flexibility index (Phi) is 21.5. The largest absolute Gasteiger partial charge is 0.395 e. The lowest BCUT2D eigenvalue weighted by molar-refractivity contribution is 0.166. The van der Waals surface area contributed by atoms with Gasteiger partial charge in [-0.2, -0.15) is 0 Å². The van der Waals surface area contributed by atoms with Gasteiger partial charge in [-0.25, -0.2) is 0 Å². The molecule has 0 aliphatic heterocycles. The Morgan fingerprint density at radius 1 is 0.846 bits per heavy atom. The van der Waals surface area contributed by atoms with Crippen LogP contribution in [0.15, 0.2) is 36.0 Å². The molecule has 0 amide bonds. The van der Waals surface area contributed by atoms with Crippen LogP contribution >= 0.6 is 0 Å². The fraction of sp³-hybridized carbons (Fsp3) is 0.750. The lowest BCUT2D eigenvalue weighted by Crippen LogP contribution is -2.21. The Morgan fingerprint density at radius 3 is 2.00 bits per heavy atom. The fourth-order valence-electron chi connectivity index (χ4n) is 2.57. The van der Waals surface area contributed by atoms with Crippen LogP contribution in [0.1, 0.15) is 98.8 Å². The summed E-state index contributed by atoms with van der Waals surface area (Å²) in [7, 11) is 0. The third-order valence-electron chi connectivity index (χ3n) is 4.64. The van der Waals surface area contributed by atoms with Crippen molar-refractivity contribution in [1.29, 1.82) is 0 Å². The van der Waals surface area contributed by atoms with E-state index in [1.165, 1.54) is 44.1 Å². The first-order valence-electron chi connectivity index (χ1n) is 10.7. The van der Waals surface area contributed by atoms with E-state index < -0.39 is 0 Å². The van der Waals surface area contributed by atoms with Crippen LogP contribution < -0.4 is 0 Å². The Bertz CT molecular complexity index is 358. The van der Waals surface area contributed by atoms with E-state index >= 15 is 0 Å². The average molecular weight is 367 g/mol. The molecule has 0 spiro atoms. The zero-order chi connectivity index (χ0) is 20.1. The highest BCUT2D eigenvalue weighted by Gasteiger charge is 2.22. The van der Waals surface area contributed by atoms with Crippen molar-refractivity contribution in [3.63, 3.8) is 0 Å². The zero-order valence-corrected chi connectivity index (χ0v) is 18.3. The van der Waals surface area contributed by atoms with Crippen molar-refractivity contribution in [2.45, 2.75) is 98.8 Å². The highest BCUT2D eigenvalue weighted by molar-refractivity contribution is 5.05. The molecule has 2 N–H and O–H groups in total. The van der Waals surface area contributed by atoms with Gasteiger partial charge in [-0.3, -0.25) is 0 Å². The van der Waals surface area contributed by atoms with Gasteiger partial charge in [0.1, 0.15) is 0 Å². The summed E-state index contributed by atoms with van der Waals surface area (Å²) in [5.74, 6) is 0. The van der Waals surface area contributed by atoms with Crippen molar-refractivity contribution in [2.24, 2.45) is 5.41 Å². The van der Waals surface area contributed by atoms with Gasteiger partial charge in [-0.05, 0) is 46.0 Å². The molecule has 0 aromatic rings. The molecular formula is C24H46O2. The first-order valence-corrected chi connectivity index (χ1v) is 10.7. The summed E-state index contributed by atoms with van der Waals surface area (Å²) >= 11 is 0. The molecule has 0 radical (unpaired) electrons. The van der Waals surface area contributed by atoms with E-state index in [2.05, 4.69) is 58.9 Å². The zero-order valence-electron chi connectivity index (χ0n) is 18.3. The molecular weight excluding hydrogens is 320 g/mol. The van der Waals surface area contributed by atoms with E-state index in [4.69, 9.17) is 5.11 Å². The monoisotopic (exact) mass is 366 g/mol. The topological polar surface area (TPSA) is 40.5 Å². The molecule has 0 bridgehead atoms.